The normalized spacial score (nSPS) is 24.2. The minimum absolute atomic E-state index is 0.0307. The highest BCUT2D eigenvalue weighted by Gasteiger charge is 3.02. The average Bonchev–Trinajstić information content (AvgIpc) is 3.38. The first-order valence-corrected chi connectivity index (χ1v) is 20.7. The van der Waals surface area contributed by atoms with E-state index >= 15 is 4.39 Å². The lowest BCUT2D eigenvalue weighted by Crippen LogP contribution is -2.47. The van der Waals surface area contributed by atoms with Gasteiger partial charge in [0.25, 0.3) is 10.1 Å². The largest absolute Gasteiger partial charge is 0.489 e. The minimum atomic E-state index is -3.80. The number of likely N-dealkylation sites (tertiary alicyclic amines) is 1. The number of ether oxygens (including phenoxy) is 6. The number of amides is 2. The Morgan fingerprint density at radius 2 is 1.33 bits per heavy atom. The third-order valence-corrected chi connectivity index (χ3v) is 10.8. The van der Waals surface area contributed by atoms with Crippen molar-refractivity contribution in [3.05, 3.63) is 24.0 Å². The SMILES string of the molecule is CCCCOC(=O)N1CC2(C(=O)OCCCC)C(COc3ccc(N4C[C@H](COS(C)(=O)=O)OC4=O)cc3F)(C(=O)OCCCC)[C@]2(C(=O)OCCCC)C1. The molecule has 2 saturated heterocycles. The van der Waals surface area contributed by atoms with E-state index < -0.39 is 94.7 Å². The number of carbonyl (C=O) groups is 5. The first kappa shape index (κ1) is 43.5. The Bertz CT molecular complexity index is 1640. The summed E-state index contributed by atoms with van der Waals surface area (Å²) in [5, 5.41) is 0. The van der Waals surface area contributed by atoms with Crippen LogP contribution in [0.15, 0.2) is 18.2 Å². The lowest BCUT2D eigenvalue weighted by Gasteiger charge is -2.30. The van der Waals surface area contributed by atoms with Crippen LogP contribution < -0.4 is 9.64 Å². The first-order valence-electron chi connectivity index (χ1n) is 18.9. The van der Waals surface area contributed by atoms with Crippen molar-refractivity contribution in [2.45, 2.75) is 85.2 Å². The van der Waals surface area contributed by atoms with E-state index in [0.717, 1.165) is 23.6 Å². The predicted octanol–water partition coefficient (Wildman–Crippen LogP) is 4.76. The molecule has 55 heavy (non-hydrogen) atoms. The zero-order valence-electron chi connectivity index (χ0n) is 32.2. The van der Waals surface area contributed by atoms with Crippen LogP contribution in [0.5, 0.6) is 5.75 Å². The van der Waals surface area contributed by atoms with E-state index in [9.17, 15) is 32.4 Å². The molecule has 1 aromatic carbocycles. The number of hydrogen-bond donors (Lipinski definition) is 0. The standard InChI is InChI=1S/C37H53FN2O14S/c1-6-10-16-48-30(41)35-23-39(33(44)51-19-13-9-4)24-36(35,31(42)49-17-11-7-2)37(35,32(43)50-18-12-8-3)25-52-29-15-14-26(20-28(29)38)40-21-27(54-34(40)45)22-53-55(5,46)47/h14-15,20,27H,6-13,16-19,21-25H2,1-5H3/t27-,35+,36?,37?/m1/s1. The van der Waals surface area contributed by atoms with E-state index in [1.165, 1.54) is 17.0 Å². The molecule has 308 valence electrons. The summed E-state index contributed by atoms with van der Waals surface area (Å²) >= 11 is 0. The van der Waals surface area contributed by atoms with Gasteiger partial charge in [-0.25, -0.2) is 14.0 Å². The maximum atomic E-state index is 15.8. The molecular weight excluding hydrogens is 747 g/mol. The van der Waals surface area contributed by atoms with Crippen molar-refractivity contribution in [2.24, 2.45) is 16.2 Å². The third kappa shape index (κ3) is 8.79. The van der Waals surface area contributed by atoms with Gasteiger partial charge in [0.05, 0.1) is 44.9 Å². The summed E-state index contributed by atoms with van der Waals surface area (Å²) in [4.78, 5) is 71.4. The van der Waals surface area contributed by atoms with Crippen molar-refractivity contribution in [3.63, 3.8) is 0 Å². The lowest BCUT2D eigenvalue weighted by molar-refractivity contribution is -0.164. The van der Waals surface area contributed by atoms with Crippen molar-refractivity contribution in [3.8, 4) is 5.75 Å². The summed E-state index contributed by atoms with van der Waals surface area (Å²) in [5.41, 5.74) is -6.14. The molecule has 0 radical (unpaired) electrons. The van der Waals surface area contributed by atoms with Gasteiger partial charge in [-0.2, -0.15) is 8.42 Å². The maximum absolute atomic E-state index is 15.8. The van der Waals surface area contributed by atoms with Crippen molar-refractivity contribution in [1.29, 1.82) is 0 Å². The molecule has 2 unspecified atom stereocenters. The topological polar surface area (TPSA) is 191 Å². The Kier molecular flexibility index (Phi) is 14.7. The summed E-state index contributed by atoms with van der Waals surface area (Å²) < 4.78 is 77.1. The number of cyclic esters (lactones) is 1. The van der Waals surface area contributed by atoms with Crippen LogP contribution in [0.1, 0.15) is 79.1 Å². The fourth-order valence-corrected chi connectivity index (χ4v) is 7.62. The number of hydrogen-bond acceptors (Lipinski definition) is 14. The van der Waals surface area contributed by atoms with E-state index in [1.54, 1.807) is 0 Å². The van der Waals surface area contributed by atoms with Gasteiger partial charge < -0.3 is 33.3 Å². The van der Waals surface area contributed by atoms with E-state index in [-0.39, 0.29) is 44.4 Å². The highest BCUT2D eigenvalue weighted by atomic mass is 32.2. The molecule has 1 aliphatic carbocycles. The number of nitrogens with zero attached hydrogens (tertiary/aromatic N) is 2. The molecule has 3 fully saturated rings. The molecule has 0 N–H and O–H groups in total. The van der Waals surface area contributed by atoms with Gasteiger partial charge in [0.2, 0.25) is 0 Å². The summed E-state index contributed by atoms with van der Waals surface area (Å²) in [6, 6.07) is 3.52. The van der Waals surface area contributed by atoms with Crippen LogP contribution in [-0.4, -0.2) is 115 Å². The van der Waals surface area contributed by atoms with Gasteiger partial charge in [-0.3, -0.25) is 23.5 Å². The smallest absolute Gasteiger partial charge is 0.414 e. The Hall–Kier alpha value is -4.19. The number of halogens is 1. The highest BCUT2D eigenvalue weighted by Crippen LogP contribution is 2.82. The molecule has 4 rings (SSSR count). The summed E-state index contributed by atoms with van der Waals surface area (Å²) in [6.07, 6.45) is 3.03. The number of anilines is 1. The second-order valence-electron chi connectivity index (χ2n) is 14.0. The predicted molar refractivity (Wildman–Crippen MR) is 193 cm³/mol. The number of unbranched alkanes of at least 4 members (excludes halogenated alkanes) is 4. The van der Waals surface area contributed by atoms with Gasteiger partial charge >= 0.3 is 30.1 Å². The Morgan fingerprint density at radius 3 is 1.82 bits per heavy atom. The number of benzene rings is 1. The van der Waals surface area contributed by atoms with Crippen molar-refractivity contribution < 1.29 is 69.4 Å². The quantitative estimate of drug-likeness (QED) is 0.0675. The van der Waals surface area contributed by atoms with Gasteiger partial charge in [-0.15, -0.1) is 0 Å². The molecule has 0 aromatic heterocycles. The second kappa shape index (κ2) is 18.6. The van der Waals surface area contributed by atoms with E-state index in [4.69, 9.17) is 32.6 Å². The third-order valence-electron chi connectivity index (χ3n) is 10.2. The van der Waals surface area contributed by atoms with Crippen molar-refractivity contribution in [1.82, 2.24) is 4.90 Å². The minimum Gasteiger partial charge on any atom is -0.489 e. The molecule has 2 heterocycles. The fourth-order valence-electron chi connectivity index (χ4n) is 7.22. The van der Waals surface area contributed by atoms with Crippen LogP contribution >= 0.6 is 0 Å². The molecule has 0 spiro atoms. The molecule has 3 aliphatic rings. The van der Waals surface area contributed by atoms with Crippen molar-refractivity contribution >= 4 is 45.9 Å². The van der Waals surface area contributed by atoms with Crippen LogP contribution in [0.4, 0.5) is 19.7 Å². The van der Waals surface area contributed by atoms with Crippen LogP contribution in [0.3, 0.4) is 0 Å². The molecule has 1 saturated carbocycles. The lowest BCUT2D eigenvalue weighted by atomic mass is 9.90. The van der Waals surface area contributed by atoms with Gasteiger partial charge in [-0.05, 0) is 37.8 Å². The summed E-state index contributed by atoms with van der Waals surface area (Å²) in [5.74, 6) is -4.17. The van der Waals surface area contributed by atoms with Crippen LogP contribution in [-0.2, 0) is 52.4 Å². The average molecular weight is 801 g/mol. The fraction of sp³-hybridized carbons (Fsp3) is 0.703. The molecule has 2 amide bonds. The summed E-state index contributed by atoms with van der Waals surface area (Å²) in [6.45, 7) is 5.36. The molecule has 2 aliphatic heterocycles. The number of rotatable bonds is 22. The first-order chi connectivity index (χ1) is 26.2. The zero-order chi connectivity index (χ0) is 40.4. The maximum Gasteiger partial charge on any atom is 0.414 e. The molecule has 4 atom stereocenters. The second-order valence-corrected chi connectivity index (χ2v) is 15.7. The molecule has 1 aromatic rings. The number of esters is 3. The van der Waals surface area contributed by atoms with Gasteiger partial charge in [0.15, 0.2) is 11.6 Å². The van der Waals surface area contributed by atoms with Gasteiger partial charge in [0, 0.05) is 19.2 Å². The molecular formula is C37H53FN2O14S. The summed E-state index contributed by atoms with van der Waals surface area (Å²) in [7, 11) is -3.80. The Balaban J connectivity index is 1.73. The van der Waals surface area contributed by atoms with E-state index in [1.807, 2.05) is 27.7 Å². The van der Waals surface area contributed by atoms with Crippen LogP contribution in [0.25, 0.3) is 0 Å². The van der Waals surface area contributed by atoms with E-state index in [2.05, 4.69) is 0 Å². The van der Waals surface area contributed by atoms with Crippen LogP contribution in [0, 0.1) is 22.1 Å². The van der Waals surface area contributed by atoms with Gasteiger partial charge in [-0.1, -0.05) is 53.4 Å². The number of piperidine rings is 1. The highest BCUT2D eigenvalue weighted by molar-refractivity contribution is 7.85. The molecule has 16 nitrogen and oxygen atoms in total. The Labute approximate surface area is 321 Å². The van der Waals surface area contributed by atoms with Crippen LogP contribution in [0.2, 0.25) is 0 Å². The molecule has 18 heteroatoms. The Morgan fingerprint density at radius 1 is 0.818 bits per heavy atom. The monoisotopic (exact) mass is 800 g/mol. The molecule has 0 bridgehead atoms. The zero-order valence-corrected chi connectivity index (χ0v) is 33.0. The van der Waals surface area contributed by atoms with Crippen molar-refractivity contribution in [2.75, 3.05) is 70.4 Å². The number of fused-ring (bicyclic) bond motifs is 1. The van der Waals surface area contributed by atoms with Gasteiger partial charge in [0.1, 0.15) is 35.6 Å². The van der Waals surface area contributed by atoms with E-state index in [0.29, 0.717) is 44.9 Å². The number of carbonyl (C=O) groups excluding carboxylic acids is 5.